The topological polar surface area (TPSA) is 15.3 Å². The SMILES string of the molecule is C=CCN(C)c1ccc(C(C)NCCC)cc1. The first-order chi connectivity index (χ1) is 8.19. The summed E-state index contributed by atoms with van der Waals surface area (Å²) < 4.78 is 0. The molecule has 94 valence electrons. The van der Waals surface area contributed by atoms with Gasteiger partial charge >= 0.3 is 0 Å². The first-order valence-electron chi connectivity index (χ1n) is 6.34. The van der Waals surface area contributed by atoms with Crippen molar-refractivity contribution in [3.63, 3.8) is 0 Å². The van der Waals surface area contributed by atoms with Gasteiger partial charge in [-0.25, -0.2) is 0 Å². The van der Waals surface area contributed by atoms with Crippen LogP contribution in [0, 0.1) is 0 Å². The lowest BCUT2D eigenvalue weighted by Gasteiger charge is -2.19. The molecule has 17 heavy (non-hydrogen) atoms. The van der Waals surface area contributed by atoms with E-state index in [1.165, 1.54) is 17.7 Å². The summed E-state index contributed by atoms with van der Waals surface area (Å²) in [5, 5.41) is 3.49. The van der Waals surface area contributed by atoms with Gasteiger partial charge in [0.1, 0.15) is 0 Å². The van der Waals surface area contributed by atoms with Crippen LogP contribution in [0.5, 0.6) is 0 Å². The van der Waals surface area contributed by atoms with Crippen molar-refractivity contribution >= 4 is 5.69 Å². The van der Waals surface area contributed by atoms with E-state index in [4.69, 9.17) is 0 Å². The van der Waals surface area contributed by atoms with Gasteiger partial charge in [0, 0.05) is 25.3 Å². The highest BCUT2D eigenvalue weighted by molar-refractivity contribution is 5.47. The standard InChI is InChI=1S/C15H24N2/c1-5-11-16-13(3)14-7-9-15(10-8-14)17(4)12-6-2/h6-10,13,16H,2,5,11-12H2,1,3-4H3. The van der Waals surface area contributed by atoms with E-state index < -0.39 is 0 Å². The maximum Gasteiger partial charge on any atom is 0.0366 e. The van der Waals surface area contributed by atoms with Crippen molar-refractivity contribution in [2.24, 2.45) is 0 Å². The zero-order chi connectivity index (χ0) is 12.7. The number of benzene rings is 1. The lowest BCUT2D eigenvalue weighted by molar-refractivity contribution is 0.571. The van der Waals surface area contributed by atoms with Crippen molar-refractivity contribution in [2.75, 3.05) is 25.0 Å². The molecular weight excluding hydrogens is 208 g/mol. The number of nitrogens with zero attached hydrogens (tertiary/aromatic N) is 1. The Labute approximate surface area is 105 Å². The number of likely N-dealkylation sites (N-methyl/N-ethyl adjacent to an activating group) is 1. The molecule has 0 amide bonds. The number of rotatable bonds is 7. The number of anilines is 1. The largest absolute Gasteiger partial charge is 0.371 e. The Morgan fingerprint density at radius 3 is 2.53 bits per heavy atom. The maximum absolute atomic E-state index is 3.75. The van der Waals surface area contributed by atoms with E-state index >= 15 is 0 Å². The summed E-state index contributed by atoms with van der Waals surface area (Å²) in [6, 6.07) is 9.16. The molecule has 0 aliphatic heterocycles. The monoisotopic (exact) mass is 232 g/mol. The lowest BCUT2D eigenvalue weighted by Crippen LogP contribution is -2.20. The molecule has 0 saturated heterocycles. The Hall–Kier alpha value is -1.28. The van der Waals surface area contributed by atoms with E-state index in [0.717, 1.165) is 13.1 Å². The molecule has 0 aliphatic carbocycles. The van der Waals surface area contributed by atoms with Gasteiger partial charge in [-0.15, -0.1) is 6.58 Å². The second kappa shape index (κ2) is 7.13. The molecule has 0 radical (unpaired) electrons. The summed E-state index contributed by atoms with van der Waals surface area (Å²) in [5.41, 5.74) is 2.57. The van der Waals surface area contributed by atoms with E-state index in [1.807, 2.05) is 6.08 Å². The first kappa shape index (κ1) is 13.8. The number of nitrogens with one attached hydrogen (secondary N) is 1. The van der Waals surface area contributed by atoms with Crippen LogP contribution in [0.4, 0.5) is 5.69 Å². The van der Waals surface area contributed by atoms with E-state index in [1.54, 1.807) is 0 Å². The fourth-order valence-corrected chi connectivity index (χ4v) is 1.80. The molecule has 0 saturated carbocycles. The summed E-state index contributed by atoms with van der Waals surface area (Å²) in [4.78, 5) is 2.18. The Morgan fingerprint density at radius 1 is 1.35 bits per heavy atom. The van der Waals surface area contributed by atoms with Gasteiger partial charge in [0.25, 0.3) is 0 Å². The van der Waals surface area contributed by atoms with Gasteiger partial charge in [0.15, 0.2) is 0 Å². The summed E-state index contributed by atoms with van der Waals surface area (Å²) in [7, 11) is 2.08. The Balaban J connectivity index is 2.63. The third-order valence-electron chi connectivity index (χ3n) is 2.94. The van der Waals surface area contributed by atoms with Gasteiger partial charge < -0.3 is 10.2 Å². The molecule has 1 aromatic carbocycles. The van der Waals surface area contributed by atoms with E-state index in [9.17, 15) is 0 Å². The summed E-state index contributed by atoms with van der Waals surface area (Å²) in [6.45, 7) is 10.1. The molecule has 0 spiro atoms. The molecule has 1 rings (SSSR count). The van der Waals surface area contributed by atoms with Gasteiger partial charge in [-0.2, -0.15) is 0 Å². The highest BCUT2D eigenvalue weighted by atomic mass is 15.1. The molecule has 1 atom stereocenters. The second-order valence-corrected chi connectivity index (χ2v) is 4.44. The Kier molecular flexibility index (Phi) is 5.78. The Bertz CT molecular complexity index is 329. The van der Waals surface area contributed by atoms with Gasteiger partial charge in [-0.1, -0.05) is 25.1 Å². The quantitative estimate of drug-likeness (QED) is 0.725. The third kappa shape index (κ3) is 4.23. The van der Waals surface area contributed by atoms with Crippen LogP contribution in [-0.2, 0) is 0 Å². The molecule has 0 fully saturated rings. The molecule has 0 bridgehead atoms. The van der Waals surface area contributed by atoms with Gasteiger partial charge in [-0.05, 0) is 37.6 Å². The number of hydrogen-bond donors (Lipinski definition) is 1. The lowest BCUT2D eigenvalue weighted by atomic mass is 10.1. The van der Waals surface area contributed by atoms with Crippen molar-refractivity contribution in [1.29, 1.82) is 0 Å². The van der Waals surface area contributed by atoms with E-state index in [-0.39, 0.29) is 0 Å². The van der Waals surface area contributed by atoms with Gasteiger partial charge in [0.05, 0.1) is 0 Å². The van der Waals surface area contributed by atoms with Crippen molar-refractivity contribution in [3.8, 4) is 0 Å². The van der Waals surface area contributed by atoms with Crippen LogP contribution in [0.15, 0.2) is 36.9 Å². The van der Waals surface area contributed by atoms with Crippen LogP contribution in [0.1, 0.15) is 31.9 Å². The second-order valence-electron chi connectivity index (χ2n) is 4.44. The molecule has 0 heterocycles. The summed E-state index contributed by atoms with van der Waals surface area (Å²) >= 11 is 0. The van der Waals surface area contributed by atoms with Crippen LogP contribution in [0.25, 0.3) is 0 Å². The van der Waals surface area contributed by atoms with Crippen molar-refractivity contribution in [1.82, 2.24) is 5.32 Å². The molecule has 1 unspecified atom stereocenters. The van der Waals surface area contributed by atoms with Gasteiger partial charge in [-0.3, -0.25) is 0 Å². The smallest absolute Gasteiger partial charge is 0.0366 e. The minimum atomic E-state index is 0.425. The van der Waals surface area contributed by atoms with Gasteiger partial charge in [0.2, 0.25) is 0 Å². The molecule has 0 aliphatic rings. The average Bonchev–Trinajstić information content (AvgIpc) is 2.36. The minimum Gasteiger partial charge on any atom is -0.371 e. The molecule has 0 aromatic heterocycles. The predicted molar refractivity (Wildman–Crippen MR) is 76.6 cm³/mol. The minimum absolute atomic E-state index is 0.425. The first-order valence-corrected chi connectivity index (χ1v) is 6.34. The highest BCUT2D eigenvalue weighted by Gasteiger charge is 2.04. The Morgan fingerprint density at radius 2 is 2.00 bits per heavy atom. The van der Waals surface area contributed by atoms with Crippen molar-refractivity contribution < 1.29 is 0 Å². The molecule has 2 heteroatoms. The number of hydrogen-bond acceptors (Lipinski definition) is 2. The molecule has 1 aromatic rings. The van der Waals surface area contributed by atoms with Crippen LogP contribution in [0.2, 0.25) is 0 Å². The summed E-state index contributed by atoms with van der Waals surface area (Å²) in [6.07, 6.45) is 3.09. The molecule has 2 nitrogen and oxygen atoms in total. The van der Waals surface area contributed by atoms with Crippen LogP contribution >= 0.6 is 0 Å². The van der Waals surface area contributed by atoms with E-state index in [0.29, 0.717) is 6.04 Å². The highest BCUT2D eigenvalue weighted by Crippen LogP contribution is 2.18. The third-order valence-corrected chi connectivity index (χ3v) is 2.94. The predicted octanol–water partition coefficient (Wildman–Crippen LogP) is 3.37. The van der Waals surface area contributed by atoms with Crippen LogP contribution in [-0.4, -0.2) is 20.1 Å². The fraction of sp³-hybridized carbons (Fsp3) is 0.467. The van der Waals surface area contributed by atoms with Crippen LogP contribution < -0.4 is 10.2 Å². The van der Waals surface area contributed by atoms with E-state index in [2.05, 4.69) is 62.0 Å². The maximum atomic E-state index is 3.75. The zero-order valence-electron chi connectivity index (χ0n) is 11.2. The molecular formula is C15H24N2. The normalized spacial score (nSPS) is 12.2. The van der Waals surface area contributed by atoms with Crippen molar-refractivity contribution in [3.05, 3.63) is 42.5 Å². The zero-order valence-corrected chi connectivity index (χ0v) is 11.2. The average molecular weight is 232 g/mol. The molecule has 1 N–H and O–H groups in total. The summed E-state index contributed by atoms with van der Waals surface area (Å²) in [5.74, 6) is 0. The van der Waals surface area contributed by atoms with Crippen LogP contribution in [0.3, 0.4) is 0 Å². The fourth-order valence-electron chi connectivity index (χ4n) is 1.80. The van der Waals surface area contributed by atoms with Crippen molar-refractivity contribution in [2.45, 2.75) is 26.3 Å².